The molecule has 0 saturated carbocycles. The highest BCUT2D eigenvalue weighted by molar-refractivity contribution is 8.01. The number of nitrogens with one attached hydrogen (secondary N) is 1. The van der Waals surface area contributed by atoms with Gasteiger partial charge in [-0.2, -0.15) is 0 Å². The Kier molecular flexibility index (Phi) is 9.52. The van der Waals surface area contributed by atoms with Crippen LogP contribution in [0, 0.1) is 12.8 Å². The number of hydrogen-bond donors (Lipinski definition) is 1. The van der Waals surface area contributed by atoms with Crippen molar-refractivity contribution in [3.05, 3.63) is 83.9 Å². The predicted octanol–water partition coefficient (Wildman–Crippen LogP) is 4.98. The summed E-state index contributed by atoms with van der Waals surface area (Å²) in [5.41, 5.74) is 4.41. The number of hydrogen-bond acceptors (Lipinski definition) is 6. The summed E-state index contributed by atoms with van der Waals surface area (Å²) >= 11 is 1.51. The van der Waals surface area contributed by atoms with Gasteiger partial charge in [-0.3, -0.25) is 14.5 Å². The van der Waals surface area contributed by atoms with E-state index < -0.39 is 11.2 Å². The van der Waals surface area contributed by atoms with Crippen LogP contribution in [0.25, 0.3) is 0 Å². The van der Waals surface area contributed by atoms with Gasteiger partial charge in [0.25, 0.3) is 0 Å². The first-order chi connectivity index (χ1) is 19.9. The van der Waals surface area contributed by atoms with Crippen LogP contribution in [0.2, 0.25) is 0 Å². The van der Waals surface area contributed by atoms with E-state index in [2.05, 4.69) is 46.3 Å². The number of ether oxygens (including phenoxy) is 1. The van der Waals surface area contributed by atoms with E-state index >= 15 is 0 Å². The number of amides is 2. The summed E-state index contributed by atoms with van der Waals surface area (Å²) in [7, 11) is 1.69. The molecule has 0 aromatic heterocycles. The van der Waals surface area contributed by atoms with Gasteiger partial charge in [-0.05, 0) is 67.4 Å². The molecule has 8 heteroatoms. The Morgan fingerprint density at radius 2 is 1.71 bits per heavy atom. The molecule has 216 valence electrons. The minimum atomic E-state index is -0.458. The topological polar surface area (TPSA) is 65.1 Å². The fourth-order valence-electron chi connectivity index (χ4n) is 5.51. The molecule has 2 aliphatic rings. The van der Waals surface area contributed by atoms with Crippen LogP contribution in [0.1, 0.15) is 24.5 Å². The number of benzene rings is 3. The van der Waals surface area contributed by atoms with E-state index in [1.54, 1.807) is 7.11 Å². The van der Waals surface area contributed by atoms with E-state index in [1.807, 2.05) is 60.4 Å². The molecule has 41 heavy (non-hydrogen) atoms. The van der Waals surface area contributed by atoms with Gasteiger partial charge in [0.15, 0.2) is 0 Å². The molecule has 0 aliphatic carbocycles. The molecule has 1 saturated heterocycles. The molecule has 7 nitrogen and oxygen atoms in total. The maximum Gasteiger partial charge on any atom is 0.241 e. The fraction of sp³-hybridized carbons (Fsp3) is 0.394. The average Bonchev–Trinajstić information content (AvgIpc) is 3.01. The molecule has 2 amide bonds. The summed E-state index contributed by atoms with van der Waals surface area (Å²) in [6.07, 6.45) is 0.884. The highest BCUT2D eigenvalue weighted by atomic mass is 32.2. The van der Waals surface area contributed by atoms with Crippen LogP contribution >= 0.6 is 11.8 Å². The van der Waals surface area contributed by atoms with Crippen molar-refractivity contribution in [2.24, 2.45) is 5.92 Å². The number of aryl methyl sites for hydroxylation is 1. The van der Waals surface area contributed by atoms with Crippen LogP contribution in [0.3, 0.4) is 0 Å². The molecule has 2 heterocycles. The van der Waals surface area contributed by atoms with Gasteiger partial charge in [0, 0.05) is 43.3 Å². The zero-order valence-corrected chi connectivity index (χ0v) is 25.0. The molecule has 3 aromatic rings. The smallest absolute Gasteiger partial charge is 0.241 e. The Balaban J connectivity index is 1.11. The highest BCUT2D eigenvalue weighted by Gasteiger charge is 2.39. The first-order valence-corrected chi connectivity index (χ1v) is 15.3. The van der Waals surface area contributed by atoms with Crippen LogP contribution in [-0.2, 0) is 16.1 Å². The first kappa shape index (κ1) is 29.0. The van der Waals surface area contributed by atoms with Crippen molar-refractivity contribution in [2.75, 3.05) is 56.2 Å². The lowest BCUT2D eigenvalue weighted by molar-refractivity contribution is -0.128. The van der Waals surface area contributed by atoms with Crippen molar-refractivity contribution in [1.29, 1.82) is 0 Å². The highest BCUT2D eigenvalue weighted by Crippen LogP contribution is 2.42. The quantitative estimate of drug-likeness (QED) is 0.346. The third-order valence-corrected chi connectivity index (χ3v) is 9.60. The van der Waals surface area contributed by atoms with E-state index in [1.165, 1.54) is 17.4 Å². The Labute approximate surface area is 247 Å². The summed E-state index contributed by atoms with van der Waals surface area (Å²) in [6.45, 7) is 9.96. The number of para-hydroxylation sites is 1. The van der Waals surface area contributed by atoms with Gasteiger partial charge in [0.1, 0.15) is 11.0 Å². The molecular weight excluding hydrogens is 532 g/mol. The van der Waals surface area contributed by atoms with Gasteiger partial charge in [0.05, 0.1) is 25.3 Å². The molecule has 0 spiro atoms. The Morgan fingerprint density at radius 1 is 1.00 bits per heavy atom. The molecule has 0 radical (unpaired) electrons. The zero-order chi connectivity index (χ0) is 28.8. The van der Waals surface area contributed by atoms with E-state index in [9.17, 15) is 9.59 Å². The van der Waals surface area contributed by atoms with Gasteiger partial charge in [-0.15, -0.1) is 11.8 Å². The van der Waals surface area contributed by atoms with Crippen LogP contribution < -0.4 is 19.9 Å². The Hall–Kier alpha value is -3.49. The maximum atomic E-state index is 13.8. The molecule has 2 unspecified atom stereocenters. The van der Waals surface area contributed by atoms with Gasteiger partial charge >= 0.3 is 0 Å². The lowest BCUT2D eigenvalue weighted by Crippen LogP contribution is -2.48. The van der Waals surface area contributed by atoms with Crippen LogP contribution in [0.5, 0.6) is 5.75 Å². The van der Waals surface area contributed by atoms with Gasteiger partial charge in [0.2, 0.25) is 11.8 Å². The number of carbonyl (C=O) groups excluding carboxylic acids is 2. The van der Waals surface area contributed by atoms with Crippen molar-refractivity contribution < 1.29 is 14.3 Å². The molecule has 5 rings (SSSR count). The molecule has 0 bridgehead atoms. The number of piperazine rings is 1. The number of carbonyl (C=O) groups is 2. The number of methoxy groups -OCH3 is 1. The second-order valence-corrected chi connectivity index (χ2v) is 12.0. The second-order valence-electron chi connectivity index (χ2n) is 10.8. The van der Waals surface area contributed by atoms with Crippen molar-refractivity contribution in [3.63, 3.8) is 0 Å². The third kappa shape index (κ3) is 6.88. The van der Waals surface area contributed by atoms with Gasteiger partial charge in [-0.25, -0.2) is 0 Å². The third-order valence-electron chi connectivity index (χ3n) is 8.14. The number of thioether (sulfide) groups is 1. The number of nitrogens with zero attached hydrogens (tertiary/aromatic N) is 3. The van der Waals surface area contributed by atoms with Crippen LogP contribution in [0.15, 0.2) is 77.7 Å². The van der Waals surface area contributed by atoms with Crippen molar-refractivity contribution in [2.45, 2.75) is 37.0 Å². The minimum Gasteiger partial charge on any atom is -0.497 e. The second kappa shape index (κ2) is 13.4. The SMILES string of the molecule is COc1ccc(N2CCN(CCCNC(=O)C(C)C3Sc4ccccc4N(Cc4ccccc4C)C3=O)CC2)cc1. The standard InChI is InChI=1S/C33H40N4O3S/c1-24-9-4-5-10-26(24)23-37-29-11-6-7-12-30(29)41-31(33(37)39)25(2)32(38)34-17-8-18-35-19-21-36(22-20-35)27-13-15-28(40-3)16-14-27/h4-7,9-16,25,31H,8,17-23H2,1-3H3,(H,34,38). The monoisotopic (exact) mass is 572 g/mol. The lowest BCUT2D eigenvalue weighted by atomic mass is 10.0. The molecule has 3 aromatic carbocycles. The van der Waals surface area contributed by atoms with Crippen LogP contribution in [-0.4, -0.2) is 68.3 Å². The van der Waals surface area contributed by atoms with Crippen molar-refractivity contribution >= 4 is 35.0 Å². The van der Waals surface area contributed by atoms with Crippen LogP contribution in [0.4, 0.5) is 11.4 Å². The zero-order valence-electron chi connectivity index (χ0n) is 24.2. The van der Waals surface area contributed by atoms with Gasteiger partial charge in [-0.1, -0.05) is 43.3 Å². The summed E-state index contributed by atoms with van der Waals surface area (Å²) in [6, 6.07) is 24.4. The largest absolute Gasteiger partial charge is 0.497 e. The minimum absolute atomic E-state index is 0.00525. The number of anilines is 2. The lowest BCUT2D eigenvalue weighted by Gasteiger charge is -2.36. The number of rotatable bonds is 10. The Morgan fingerprint density at radius 3 is 2.44 bits per heavy atom. The molecule has 2 atom stereocenters. The predicted molar refractivity (Wildman–Crippen MR) is 167 cm³/mol. The van der Waals surface area contributed by atoms with Crippen molar-refractivity contribution in [3.8, 4) is 5.75 Å². The average molecular weight is 573 g/mol. The Bertz CT molecular complexity index is 1340. The molecule has 1 N–H and O–H groups in total. The van der Waals surface area contributed by atoms with Crippen molar-refractivity contribution in [1.82, 2.24) is 10.2 Å². The van der Waals surface area contributed by atoms with Gasteiger partial charge < -0.3 is 19.9 Å². The molecular formula is C33H40N4O3S. The number of fused-ring (bicyclic) bond motifs is 1. The first-order valence-electron chi connectivity index (χ1n) is 14.4. The summed E-state index contributed by atoms with van der Waals surface area (Å²) in [5, 5.41) is 2.65. The summed E-state index contributed by atoms with van der Waals surface area (Å²) in [5.74, 6) is 0.373. The molecule has 1 fully saturated rings. The molecule has 2 aliphatic heterocycles. The van der Waals surface area contributed by atoms with E-state index in [4.69, 9.17) is 4.74 Å². The van der Waals surface area contributed by atoms with E-state index in [0.717, 1.165) is 66.6 Å². The summed E-state index contributed by atoms with van der Waals surface area (Å²) < 4.78 is 5.27. The normalized spacial score (nSPS) is 18.1. The fourth-order valence-corrected chi connectivity index (χ4v) is 6.80. The summed E-state index contributed by atoms with van der Waals surface area (Å²) in [4.78, 5) is 34.7. The van der Waals surface area contributed by atoms with E-state index in [-0.39, 0.29) is 11.8 Å². The maximum absolute atomic E-state index is 13.8. The van der Waals surface area contributed by atoms with E-state index in [0.29, 0.717) is 13.1 Å².